The molecule has 0 spiro atoms. The van der Waals surface area contributed by atoms with Crippen molar-refractivity contribution in [2.24, 2.45) is 5.92 Å². The molecular formula is C18H25N3. The monoisotopic (exact) mass is 283 g/mol. The zero-order valence-electron chi connectivity index (χ0n) is 13.1. The van der Waals surface area contributed by atoms with Crippen LogP contribution in [0.1, 0.15) is 29.8 Å². The van der Waals surface area contributed by atoms with E-state index in [-0.39, 0.29) is 0 Å². The molecule has 1 saturated heterocycles. The summed E-state index contributed by atoms with van der Waals surface area (Å²) in [4.78, 5) is 2.58. The molecule has 0 atom stereocenters. The maximum absolute atomic E-state index is 4.59. The van der Waals surface area contributed by atoms with E-state index in [1.807, 2.05) is 0 Å². The number of piperidine rings is 1. The number of nitrogens with zero attached hydrogens (tertiary/aromatic N) is 3. The Kier molecular flexibility index (Phi) is 4.39. The van der Waals surface area contributed by atoms with Crippen LogP contribution in [-0.2, 0) is 13.1 Å². The van der Waals surface area contributed by atoms with Crippen LogP contribution in [0.25, 0.3) is 0 Å². The maximum Gasteiger partial charge on any atom is 0.0596 e. The molecule has 1 aliphatic rings. The fraction of sp³-hybridized carbons (Fsp3) is 0.500. The molecule has 2 aromatic rings. The van der Waals surface area contributed by atoms with Crippen molar-refractivity contribution in [1.29, 1.82) is 0 Å². The predicted octanol–water partition coefficient (Wildman–Crippen LogP) is 3.41. The van der Waals surface area contributed by atoms with Gasteiger partial charge in [0, 0.05) is 18.8 Å². The first-order valence-corrected chi connectivity index (χ1v) is 7.98. The van der Waals surface area contributed by atoms with Crippen LogP contribution in [0, 0.1) is 19.8 Å². The average molecular weight is 283 g/mol. The third-order valence-electron chi connectivity index (χ3n) is 4.49. The molecule has 1 aromatic carbocycles. The van der Waals surface area contributed by atoms with E-state index in [2.05, 4.69) is 64.9 Å². The molecule has 21 heavy (non-hydrogen) atoms. The largest absolute Gasteiger partial charge is 0.299 e. The van der Waals surface area contributed by atoms with Gasteiger partial charge in [-0.05, 0) is 57.3 Å². The molecule has 1 aromatic heterocycles. The Morgan fingerprint density at radius 3 is 2.43 bits per heavy atom. The lowest BCUT2D eigenvalue weighted by Crippen LogP contribution is -2.34. The summed E-state index contributed by atoms with van der Waals surface area (Å²) in [5.74, 6) is 0.773. The van der Waals surface area contributed by atoms with Gasteiger partial charge in [-0.15, -0.1) is 0 Å². The zero-order chi connectivity index (χ0) is 14.7. The maximum atomic E-state index is 4.59. The molecular weight excluding hydrogens is 258 g/mol. The van der Waals surface area contributed by atoms with Gasteiger partial charge in [0.05, 0.1) is 5.69 Å². The molecule has 3 nitrogen and oxygen atoms in total. The first-order valence-electron chi connectivity index (χ1n) is 7.98. The fourth-order valence-corrected chi connectivity index (χ4v) is 3.27. The highest BCUT2D eigenvalue weighted by Crippen LogP contribution is 2.21. The topological polar surface area (TPSA) is 21.1 Å². The minimum absolute atomic E-state index is 0.773. The molecule has 0 saturated carbocycles. The van der Waals surface area contributed by atoms with Gasteiger partial charge in [0.15, 0.2) is 0 Å². The number of benzene rings is 1. The van der Waals surface area contributed by atoms with Gasteiger partial charge in [0.1, 0.15) is 0 Å². The van der Waals surface area contributed by atoms with Crippen LogP contribution < -0.4 is 0 Å². The van der Waals surface area contributed by atoms with Crippen molar-refractivity contribution in [1.82, 2.24) is 14.7 Å². The van der Waals surface area contributed by atoms with Crippen molar-refractivity contribution < 1.29 is 0 Å². The molecule has 2 heterocycles. The Morgan fingerprint density at radius 1 is 1.10 bits per heavy atom. The quantitative estimate of drug-likeness (QED) is 0.857. The van der Waals surface area contributed by atoms with Crippen LogP contribution >= 0.6 is 0 Å². The second-order valence-corrected chi connectivity index (χ2v) is 6.31. The second kappa shape index (κ2) is 6.44. The minimum Gasteiger partial charge on any atom is -0.299 e. The van der Waals surface area contributed by atoms with E-state index >= 15 is 0 Å². The zero-order valence-corrected chi connectivity index (χ0v) is 13.1. The van der Waals surface area contributed by atoms with Crippen LogP contribution in [0.3, 0.4) is 0 Å². The lowest BCUT2D eigenvalue weighted by molar-refractivity contribution is 0.164. The summed E-state index contributed by atoms with van der Waals surface area (Å²) in [7, 11) is 0. The van der Waals surface area contributed by atoms with Crippen molar-refractivity contribution in [3.8, 4) is 0 Å². The molecule has 112 valence electrons. The number of hydrogen-bond acceptors (Lipinski definition) is 2. The lowest BCUT2D eigenvalue weighted by Gasteiger charge is -2.32. The molecule has 1 aliphatic heterocycles. The number of hydrogen-bond donors (Lipinski definition) is 0. The summed E-state index contributed by atoms with van der Waals surface area (Å²) in [6, 6.07) is 13.0. The van der Waals surface area contributed by atoms with Crippen LogP contribution in [0.5, 0.6) is 0 Å². The van der Waals surface area contributed by atoms with Crippen molar-refractivity contribution in [3.05, 3.63) is 53.3 Å². The van der Waals surface area contributed by atoms with Gasteiger partial charge in [-0.3, -0.25) is 9.58 Å². The SMILES string of the molecule is Cc1cc(C)n(CC2CCN(Cc3ccccc3)CC2)n1. The predicted molar refractivity (Wildman–Crippen MR) is 86.1 cm³/mol. The summed E-state index contributed by atoms with van der Waals surface area (Å²) in [6.45, 7) is 8.82. The first-order chi connectivity index (χ1) is 10.2. The van der Waals surface area contributed by atoms with Crippen LogP contribution in [0.2, 0.25) is 0 Å². The fourth-order valence-electron chi connectivity index (χ4n) is 3.27. The summed E-state index contributed by atoms with van der Waals surface area (Å²) in [5.41, 5.74) is 3.85. The van der Waals surface area contributed by atoms with E-state index < -0.39 is 0 Å². The Morgan fingerprint density at radius 2 is 1.81 bits per heavy atom. The second-order valence-electron chi connectivity index (χ2n) is 6.31. The van der Waals surface area contributed by atoms with Crippen molar-refractivity contribution in [3.63, 3.8) is 0 Å². The first kappa shape index (κ1) is 14.3. The normalized spacial score (nSPS) is 17.2. The van der Waals surface area contributed by atoms with Crippen molar-refractivity contribution in [2.45, 2.75) is 39.8 Å². The van der Waals surface area contributed by atoms with Gasteiger partial charge >= 0.3 is 0 Å². The van der Waals surface area contributed by atoms with Crippen LogP contribution in [0.15, 0.2) is 36.4 Å². The molecule has 3 rings (SSSR count). The Bertz CT molecular complexity index is 565. The summed E-state index contributed by atoms with van der Waals surface area (Å²) in [5, 5.41) is 4.59. The molecule has 0 amide bonds. The molecule has 0 aliphatic carbocycles. The third-order valence-corrected chi connectivity index (χ3v) is 4.49. The molecule has 1 fully saturated rings. The van der Waals surface area contributed by atoms with Gasteiger partial charge in [0.25, 0.3) is 0 Å². The summed E-state index contributed by atoms with van der Waals surface area (Å²) in [6.07, 6.45) is 2.57. The standard InChI is InChI=1S/C18H25N3/c1-15-12-16(2)21(19-15)14-18-8-10-20(11-9-18)13-17-6-4-3-5-7-17/h3-7,12,18H,8-11,13-14H2,1-2H3. The lowest BCUT2D eigenvalue weighted by atomic mass is 9.96. The van der Waals surface area contributed by atoms with E-state index in [9.17, 15) is 0 Å². The Labute approximate surface area is 127 Å². The van der Waals surface area contributed by atoms with E-state index in [1.54, 1.807) is 0 Å². The molecule has 0 bridgehead atoms. The highest BCUT2D eigenvalue weighted by molar-refractivity contribution is 5.14. The summed E-state index contributed by atoms with van der Waals surface area (Å²) >= 11 is 0. The number of likely N-dealkylation sites (tertiary alicyclic amines) is 1. The minimum atomic E-state index is 0.773. The Balaban J connectivity index is 1.50. The number of aromatic nitrogens is 2. The molecule has 0 N–H and O–H groups in total. The van der Waals surface area contributed by atoms with Crippen LogP contribution in [-0.4, -0.2) is 27.8 Å². The third kappa shape index (κ3) is 3.73. The average Bonchev–Trinajstić information content (AvgIpc) is 2.80. The van der Waals surface area contributed by atoms with E-state index in [0.29, 0.717) is 0 Å². The van der Waals surface area contributed by atoms with E-state index in [0.717, 1.165) is 24.7 Å². The molecule has 0 unspecified atom stereocenters. The van der Waals surface area contributed by atoms with Crippen molar-refractivity contribution >= 4 is 0 Å². The van der Waals surface area contributed by atoms with Gasteiger partial charge in [0.2, 0.25) is 0 Å². The number of rotatable bonds is 4. The number of aryl methyl sites for hydroxylation is 2. The van der Waals surface area contributed by atoms with E-state index in [4.69, 9.17) is 0 Å². The van der Waals surface area contributed by atoms with Gasteiger partial charge < -0.3 is 0 Å². The highest BCUT2D eigenvalue weighted by atomic mass is 15.3. The summed E-state index contributed by atoms with van der Waals surface area (Å²) < 4.78 is 2.19. The smallest absolute Gasteiger partial charge is 0.0596 e. The van der Waals surface area contributed by atoms with Gasteiger partial charge in [-0.1, -0.05) is 30.3 Å². The highest BCUT2D eigenvalue weighted by Gasteiger charge is 2.20. The molecule has 3 heteroatoms. The van der Waals surface area contributed by atoms with Crippen molar-refractivity contribution in [2.75, 3.05) is 13.1 Å². The van der Waals surface area contributed by atoms with Gasteiger partial charge in [-0.2, -0.15) is 5.10 Å². The Hall–Kier alpha value is -1.61. The van der Waals surface area contributed by atoms with E-state index in [1.165, 1.54) is 37.2 Å². The van der Waals surface area contributed by atoms with Crippen LogP contribution in [0.4, 0.5) is 0 Å². The molecule has 0 radical (unpaired) electrons. The van der Waals surface area contributed by atoms with Gasteiger partial charge in [-0.25, -0.2) is 0 Å².